The van der Waals surface area contributed by atoms with E-state index in [0.29, 0.717) is 29.3 Å². The van der Waals surface area contributed by atoms with Gasteiger partial charge < -0.3 is 10.2 Å². The lowest BCUT2D eigenvalue weighted by molar-refractivity contribution is -0.125. The second kappa shape index (κ2) is 7.25. The van der Waals surface area contributed by atoms with Gasteiger partial charge in [-0.1, -0.05) is 11.6 Å². The van der Waals surface area contributed by atoms with Gasteiger partial charge in [-0.15, -0.1) is 0 Å². The van der Waals surface area contributed by atoms with Gasteiger partial charge >= 0.3 is 0 Å². The van der Waals surface area contributed by atoms with Gasteiger partial charge in [0.15, 0.2) is 0 Å². The van der Waals surface area contributed by atoms with Crippen LogP contribution in [0.1, 0.15) is 12.8 Å². The van der Waals surface area contributed by atoms with Crippen molar-refractivity contribution < 1.29 is 13.6 Å². The minimum absolute atomic E-state index is 0.319. The number of anilines is 1. The Morgan fingerprint density at radius 3 is 3.04 bits per heavy atom. The fourth-order valence-corrected chi connectivity index (χ4v) is 3.01. The third-order valence-electron chi connectivity index (χ3n) is 4.04. The number of aromatic nitrogens is 2. The summed E-state index contributed by atoms with van der Waals surface area (Å²) in [6.45, 7) is 0.598. The molecule has 1 fully saturated rings. The standard InChI is InChI=1S/C16H17ClF2N4O/c17-11-3-4-12-13(6-11)20-8-15(22-12)23-5-1-2-10(9-23)16(24)21-7-14(18)19/h3-4,6,8,10,14H,1-2,5,7,9H2,(H,21,24). The topological polar surface area (TPSA) is 58.1 Å². The SMILES string of the molecule is O=C(NCC(F)F)C1CCCN(c2cnc3cc(Cl)ccc3n2)C1. The number of carbonyl (C=O) groups excluding carboxylic acids is 1. The number of halogens is 3. The van der Waals surface area contributed by atoms with Crippen molar-refractivity contribution in [3.63, 3.8) is 0 Å². The van der Waals surface area contributed by atoms with E-state index in [4.69, 9.17) is 11.6 Å². The molecule has 8 heteroatoms. The van der Waals surface area contributed by atoms with Gasteiger partial charge in [-0.3, -0.25) is 9.78 Å². The van der Waals surface area contributed by atoms with Crippen molar-refractivity contribution in [2.45, 2.75) is 19.3 Å². The van der Waals surface area contributed by atoms with Crippen LogP contribution >= 0.6 is 11.6 Å². The van der Waals surface area contributed by atoms with Crippen LogP contribution in [0.4, 0.5) is 14.6 Å². The molecule has 24 heavy (non-hydrogen) atoms. The van der Waals surface area contributed by atoms with E-state index in [2.05, 4.69) is 15.3 Å². The summed E-state index contributed by atoms with van der Waals surface area (Å²) in [7, 11) is 0. The quantitative estimate of drug-likeness (QED) is 0.917. The number of amides is 1. The molecule has 0 bridgehead atoms. The molecule has 0 saturated carbocycles. The summed E-state index contributed by atoms with van der Waals surface area (Å²) < 4.78 is 24.5. The highest BCUT2D eigenvalue weighted by Gasteiger charge is 2.27. The summed E-state index contributed by atoms with van der Waals surface area (Å²) in [6, 6.07) is 5.29. The van der Waals surface area contributed by atoms with Crippen molar-refractivity contribution in [1.29, 1.82) is 0 Å². The molecule has 1 saturated heterocycles. The predicted octanol–water partition coefficient (Wildman–Crippen LogP) is 2.88. The third-order valence-corrected chi connectivity index (χ3v) is 4.27. The van der Waals surface area contributed by atoms with Crippen LogP contribution in [-0.4, -0.2) is 41.9 Å². The first-order valence-electron chi connectivity index (χ1n) is 7.76. The molecule has 1 aromatic heterocycles. The van der Waals surface area contributed by atoms with Crippen LogP contribution < -0.4 is 10.2 Å². The van der Waals surface area contributed by atoms with Crippen LogP contribution in [0.2, 0.25) is 5.02 Å². The first-order valence-corrected chi connectivity index (χ1v) is 8.14. The van der Waals surface area contributed by atoms with E-state index in [1.807, 2.05) is 4.90 Å². The highest BCUT2D eigenvalue weighted by Crippen LogP contribution is 2.24. The maximum Gasteiger partial charge on any atom is 0.255 e. The van der Waals surface area contributed by atoms with Crippen LogP contribution in [-0.2, 0) is 4.79 Å². The molecular formula is C16H17ClF2N4O. The number of rotatable bonds is 4. The number of fused-ring (bicyclic) bond motifs is 1. The van der Waals surface area contributed by atoms with Crippen LogP contribution in [0, 0.1) is 5.92 Å². The van der Waals surface area contributed by atoms with Gasteiger partial charge in [0, 0.05) is 18.1 Å². The van der Waals surface area contributed by atoms with E-state index in [-0.39, 0.29) is 11.8 Å². The Hall–Kier alpha value is -2.02. The van der Waals surface area contributed by atoms with Crippen LogP contribution in [0.15, 0.2) is 24.4 Å². The first kappa shape index (κ1) is 16.8. The molecule has 1 N–H and O–H groups in total. The van der Waals surface area contributed by atoms with E-state index < -0.39 is 13.0 Å². The molecule has 1 aliphatic rings. The average molecular weight is 355 g/mol. The summed E-state index contributed by atoms with van der Waals surface area (Å²) in [4.78, 5) is 22.9. The molecule has 2 heterocycles. The van der Waals surface area contributed by atoms with E-state index >= 15 is 0 Å². The summed E-state index contributed by atoms with van der Waals surface area (Å²) in [5, 5.41) is 2.89. The van der Waals surface area contributed by atoms with Crippen molar-refractivity contribution in [3.8, 4) is 0 Å². The normalized spacial score (nSPS) is 18.2. The molecule has 1 unspecified atom stereocenters. The summed E-state index contributed by atoms with van der Waals surface area (Å²) in [5.41, 5.74) is 1.43. The fraction of sp³-hybridized carbons (Fsp3) is 0.438. The Bertz CT molecular complexity index is 743. The highest BCUT2D eigenvalue weighted by atomic mass is 35.5. The van der Waals surface area contributed by atoms with Gasteiger partial charge in [0.25, 0.3) is 6.43 Å². The third kappa shape index (κ3) is 3.90. The number of piperidine rings is 1. The average Bonchev–Trinajstić information content (AvgIpc) is 2.59. The fourth-order valence-electron chi connectivity index (χ4n) is 2.85. The Balaban J connectivity index is 1.72. The summed E-state index contributed by atoms with van der Waals surface area (Å²) in [6.07, 6.45) is 0.597. The molecule has 2 aromatic rings. The number of hydrogen-bond donors (Lipinski definition) is 1. The molecule has 1 atom stereocenters. The Morgan fingerprint density at radius 1 is 1.42 bits per heavy atom. The van der Waals surface area contributed by atoms with Crippen LogP contribution in [0.5, 0.6) is 0 Å². The van der Waals surface area contributed by atoms with E-state index in [9.17, 15) is 13.6 Å². The largest absolute Gasteiger partial charge is 0.355 e. The predicted molar refractivity (Wildman–Crippen MR) is 88.5 cm³/mol. The lowest BCUT2D eigenvalue weighted by Crippen LogP contribution is -2.44. The Labute approximate surface area is 143 Å². The molecule has 1 amide bonds. The molecular weight excluding hydrogens is 338 g/mol. The molecule has 0 aliphatic carbocycles. The van der Waals surface area contributed by atoms with E-state index in [1.54, 1.807) is 24.4 Å². The van der Waals surface area contributed by atoms with Crippen LogP contribution in [0.25, 0.3) is 11.0 Å². The van der Waals surface area contributed by atoms with Crippen LogP contribution in [0.3, 0.4) is 0 Å². The second-order valence-corrected chi connectivity index (χ2v) is 6.22. The molecule has 5 nitrogen and oxygen atoms in total. The molecule has 0 radical (unpaired) electrons. The maximum absolute atomic E-state index is 12.2. The number of benzene rings is 1. The van der Waals surface area contributed by atoms with Gasteiger partial charge in [0.1, 0.15) is 5.82 Å². The van der Waals surface area contributed by atoms with E-state index in [0.717, 1.165) is 18.5 Å². The number of alkyl halides is 2. The zero-order chi connectivity index (χ0) is 17.1. The van der Waals surface area contributed by atoms with Gasteiger partial charge in [-0.2, -0.15) is 0 Å². The van der Waals surface area contributed by atoms with Gasteiger partial charge in [-0.25, -0.2) is 13.8 Å². The van der Waals surface area contributed by atoms with Crippen molar-refractivity contribution >= 4 is 34.4 Å². The lowest BCUT2D eigenvalue weighted by Gasteiger charge is -2.32. The lowest BCUT2D eigenvalue weighted by atomic mass is 9.97. The first-order chi connectivity index (χ1) is 11.5. The maximum atomic E-state index is 12.2. The minimum Gasteiger partial charge on any atom is -0.355 e. The number of nitrogens with one attached hydrogen (secondary N) is 1. The molecule has 1 aliphatic heterocycles. The monoisotopic (exact) mass is 354 g/mol. The van der Waals surface area contributed by atoms with Gasteiger partial charge in [0.2, 0.25) is 5.91 Å². The minimum atomic E-state index is -2.54. The second-order valence-electron chi connectivity index (χ2n) is 5.78. The van der Waals surface area contributed by atoms with E-state index in [1.165, 1.54) is 0 Å². The molecule has 128 valence electrons. The summed E-state index contributed by atoms with van der Waals surface area (Å²) >= 11 is 5.94. The zero-order valence-electron chi connectivity index (χ0n) is 12.9. The van der Waals surface area contributed by atoms with Crippen molar-refractivity contribution in [1.82, 2.24) is 15.3 Å². The van der Waals surface area contributed by atoms with Gasteiger partial charge in [-0.05, 0) is 31.0 Å². The van der Waals surface area contributed by atoms with Crippen molar-refractivity contribution in [2.75, 3.05) is 24.5 Å². The Morgan fingerprint density at radius 2 is 2.25 bits per heavy atom. The molecule has 1 aromatic carbocycles. The summed E-state index contributed by atoms with van der Waals surface area (Å²) in [5.74, 6) is 0.0249. The van der Waals surface area contributed by atoms with Crippen molar-refractivity contribution in [2.24, 2.45) is 5.92 Å². The number of nitrogens with zero attached hydrogens (tertiary/aromatic N) is 3. The number of hydrogen-bond acceptors (Lipinski definition) is 4. The Kier molecular flexibility index (Phi) is 5.08. The number of carbonyl (C=O) groups is 1. The van der Waals surface area contributed by atoms with Gasteiger partial charge in [0.05, 0.1) is 29.7 Å². The molecule has 3 rings (SSSR count). The van der Waals surface area contributed by atoms with Crippen molar-refractivity contribution in [3.05, 3.63) is 29.4 Å². The zero-order valence-corrected chi connectivity index (χ0v) is 13.6. The highest BCUT2D eigenvalue weighted by molar-refractivity contribution is 6.31. The molecule has 0 spiro atoms. The smallest absolute Gasteiger partial charge is 0.255 e.